The third kappa shape index (κ3) is 5.12. The Morgan fingerprint density at radius 1 is 1.26 bits per heavy atom. The van der Waals surface area contributed by atoms with Gasteiger partial charge in [-0.25, -0.2) is 8.42 Å². The second-order valence-electron chi connectivity index (χ2n) is 7.27. The number of hydrogen-bond donors (Lipinski definition) is 2. The summed E-state index contributed by atoms with van der Waals surface area (Å²) in [6, 6.07) is 9.60. The lowest BCUT2D eigenvalue weighted by molar-refractivity contribution is -0.120. The molecule has 1 aromatic carbocycles. The second kappa shape index (κ2) is 9.16. The first-order valence-corrected chi connectivity index (χ1v) is 11.9. The van der Waals surface area contributed by atoms with Gasteiger partial charge in [-0.05, 0) is 31.2 Å². The molecule has 0 bridgehead atoms. The van der Waals surface area contributed by atoms with E-state index < -0.39 is 22.0 Å². The molecule has 1 atom stereocenters. The number of rotatable bonds is 6. The highest BCUT2D eigenvalue weighted by atomic mass is 32.2. The van der Waals surface area contributed by atoms with Gasteiger partial charge in [0.2, 0.25) is 17.7 Å². The summed E-state index contributed by atoms with van der Waals surface area (Å²) in [5.41, 5.74) is 1.04. The first-order valence-electron chi connectivity index (χ1n) is 9.60. The fourth-order valence-electron chi connectivity index (χ4n) is 3.28. The standard InChI is InChI=1S/C20H24N4O5S2/c1-13-10-18(26)22-16-6-4-5-7-17(16)24(13)19(27)12-23(3)31(28,29)20-9-8-15(30-20)11-21-14(2)25/h4-9,13H,10-12H2,1-3H3,(H,21,25)(H,22,26). The van der Waals surface area contributed by atoms with Crippen molar-refractivity contribution in [1.29, 1.82) is 0 Å². The van der Waals surface area contributed by atoms with Crippen molar-refractivity contribution in [2.24, 2.45) is 0 Å². The van der Waals surface area contributed by atoms with Crippen LogP contribution >= 0.6 is 11.3 Å². The van der Waals surface area contributed by atoms with Crippen LogP contribution in [0.2, 0.25) is 0 Å². The Morgan fingerprint density at radius 2 is 1.97 bits per heavy atom. The number of likely N-dealkylation sites (N-methyl/N-ethyl adjacent to an activating group) is 1. The topological polar surface area (TPSA) is 116 Å². The minimum Gasteiger partial charge on any atom is -0.351 e. The average Bonchev–Trinajstić information content (AvgIpc) is 3.12. The monoisotopic (exact) mass is 464 g/mol. The van der Waals surface area contributed by atoms with Crippen molar-refractivity contribution in [2.45, 2.75) is 37.1 Å². The number of para-hydroxylation sites is 2. The Labute approximate surface area is 185 Å². The summed E-state index contributed by atoms with van der Waals surface area (Å²) in [6.45, 7) is 2.99. The van der Waals surface area contributed by atoms with E-state index in [1.807, 2.05) is 0 Å². The molecule has 0 saturated carbocycles. The molecule has 3 amide bonds. The van der Waals surface area contributed by atoms with Crippen LogP contribution in [-0.4, -0.2) is 50.1 Å². The molecule has 0 saturated heterocycles. The molecular weight excluding hydrogens is 440 g/mol. The van der Waals surface area contributed by atoms with Crippen molar-refractivity contribution in [3.05, 3.63) is 41.3 Å². The minimum absolute atomic E-state index is 0.0873. The number of carbonyl (C=O) groups excluding carboxylic acids is 3. The Morgan fingerprint density at radius 3 is 2.68 bits per heavy atom. The van der Waals surface area contributed by atoms with Crippen LogP contribution < -0.4 is 15.5 Å². The van der Waals surface area contributed by atoms with Crippen LogP contribution in [0.1, 0.15) is 25.1 Å². The van der Waals surface area contributed by atoms with Crippen LogP contribution in [0.4, 0.5) is 11.4 Å². The van der Waals surface area contributed by atoms with Crippen molar-refractivity contribution in [1.82, 2.24) is 9.62 Å². The Bertz CT molecular complexity index is 1110. The Hall–Kier alpha value is -2.76. The molecule has 31 heavy (non-hydrogen) atoms. The number of sulfonamides is 1. The summed E-state index contributed by atoms with van der Waals surface area (Å²) in [5.74, 6) is -0.848. The number of anilines is 2. The molecule has 1 aliphatic rings. The number of thiophene rings is 1. The van der Waals surface area contributed by atoms with E-state index in [4.69, 9.17) is 0 Å². The highest BCUT2D eigenvalue weighted by molar-refractivity contribution is 7.91. The van der Waals surface area contributed by atoms with Crippen LogP contribution in [0.5, 0.6) is 0 Å². The second-order valence-corrected chi connectivity index (χ2v) is 10.7. The molecule has 166 valence electrons. The first-order chi connectivity index (χ1) is 14.6. The van der Waals surface area contributed by atoms with Gasteiger partial charge in [-0.3, -0.25) is 14.4 Å². The molecule has 9 nitrogen and oxygen atoms in total. The molecule has 0 aliphatic carbocycles. The maximum atomic E-state index is 13.1. The summed E-state index contributed by atoms with van der Waals surface area (Å²) < 4.78 is 27.0. The number of nitrogens with one attached hydrogen (secondary N) is 2. The van der Waals surface area contributed by atoms with E-state index in [0.29, 0.717) is 16.3 Å². The van der Waals surface area contributed by atoms with Gasteiger partial charge in [-0.15, -0.1) is 11.3 Å². The average molecular weight is 465 g/mol. The lowest BCUT2D eigenvalue weighted by Crippen LogP contribution is -2.45. The van der Waals surface area contributed by atoms with E-state index in [1.165, 1.54) is 24.9 Å². The Balaban J connectivity index is 1.79. The van der Waals surface area contributed by atoms with Gasteiger partial charge in [0.15, 0.2) is 0 Å². The normalized spacial score (nSPS) is 16.5. The van der Waals surface area contributed by atoms with Gasteiger partial charge in [0.1, 0.15) is 4.21 Å². The lowest BCUT2D eigenvalue weighted by Gasteiger charge is -2.29. The molecule has 1 unspecified atom stereocenters. The summed E-state index contributed by atoms with van der Waals surface area (Å²) in [6.07, 6.45) is 0.105. The summed E-state index contributed by atoms with van der Waals surface area (Å²) in [7, 11) is -2.55. The predicted octanol–water partition coefficient (Wildman–Crippen LogP) is 1.77. The van der Waals surface area contributed by atoms with Gasteiger partial charge >= 0.3 is 0 Å². The summed E-state index contributed by atoms with van der Waals surface area (Å²) in [4.78, 5) is 38.5. The van der Waals surface area contributed by atoms with E-state index in [-0.39, 0.29) is 35.5 Å². The number of hydrogen-bond acceptors (Lipinski definition) is 6. The number of carbonyl (C=O) groups is 3. The van der Waals surface area contributed by atoms with Gasteiger partial charge in [0.25, 0.3) is 10.0 Å². The van der Waals surface area contributed by atoms with Crippen LogP contribution in [0.3, 0.4) is 0 Å². The molecule has 2 heterocycles. The summed E-state index contributed by atoms with van der Waals surface area (Å²) in [5, 5.41) is 5.40. The van der Waals surface area contributed by atoms with Crippen molar-refractivity contribution in [3.63, 3.8) is 0 Å². The molecule has 11 heteroatoms. The zero-order chi connectivity index (χ0) is 22.8. The van der Waals surface area contributed by atoms with Crippen molar-refractivity contribution < 1.29 is 22.8 Å². The molecule has 3 rings (SSSR count). The maximum Gasteiger partial charge on any atom is 0.252 e. The fraction of sp³-hybridized carbons (Fsp3) is 0.350. The van der Waals surface area contributed by atoms with Gasteiger partial charge in [0, 0.05) is 31.3 Å². The number of fused-ring (bicyclic) bond motifs is 1. The van der Waals surface area contributed by atoms with Crippen molar-refractivity contribution >= 4 is 50.5 Å². The number of amides is 3. The Kier molecular flexibility index (Phi) is 6.77. The third-order valence-corrected chi connectivity index (χ3v) is 8.16. The molecular formula is C20H24N4O5S2. The molecule has 0 fully saturated rings. The van der Waals surface area contributed by atoms with Gasteiger partial charge < -0.3 is 15.5 Å². The SMILES string of the molecule is CC(=O)NCc1ccc(S(=O)(=O)N(C)CC(=O)N2c3ccccc3NC(=O)CC2C)s1. The number of benzene rings is 1. The quantitative estimate of drug-likeness (QED) is 0.676. The molecule has 2 N–H and O–H groups in total. The van der Waals surface area contributed by atoms with Crippen molar-refractivity contribution in [3.8, 4) is 0 Å². The van der Waals surface area contributed by atoms with Crippen LogP contribution in [0.15, 0.2) is 40.6 Å². The van der Waals surface area contributed by atoms with Crippen LogP contribution in [0, 0.1) is 0 Å². The molecule has 2 aromatic rings. The highest BCUT2D eigenvalue weighted by Gasteiger charge is 2.32. The van der Waals surface area contributed by atoms with Gasteiger partial charge in [0.05, 0.1) is 24.5 Å². The smallest absolute Gasteiger partial charge is 0.252 e. The highest BCUT2D eigenvalue weighted by Crippen LogP contribution is 2.32. The molecule has 0 spiro atoms. The van der Waals surface area contributed by atoms with E-state index in [9.17, 15) is 22.8 Å². The molecule has 1 aromatic heterocycles. The van der Waals surface area contributed by atoms with Crippen LogP contribution in [0.25, 0.3) is 0 Å². The molecule has 0 radical (unpaired) electrons. The minimum atomic E-state index is -3.90. The van der Waals surface area contributed by atoms with E-state index in [2.05, 4.69) is 10.6 Å². The largest absolute Gasteiger partial charge is 0.351 e. The maximum absolute atomic E-state index is 13.1. The van der Waals surface area contributed by atoms with Gasteiger partial charge in [-0.1, -0.05) is 12.1 Å². The van der Waals surface area contributed by atoms with E-state index >= 15 is 0 Å². The zero-order valence-corrected chi connectivity index (χ0v) is 19.0. The van der Waals surface area contributed by atoms with Crippen molar-refractivity contribution in [2.75, 3.05) is 23.8 Å². The predicted molar refractivity (Wildman–Crippen MR) is 118 cm³/mol. The lowest BCUT2D eigenvalue weighted by atomic mass is 10.1. The fourth-order valence-corrected chi connectivity index (χ4v) is 5.90. The third-order valence-electron chi connectivity index (χ3n) is 4.80. The first kappa shape index (κ1) is 22.9. The number of nitrogens with zero attached hydrogens (tertiary/aromatic N) is 2. The summed E-state index contributed by atoms with van der Waals surface area (Å²) >= 11 is 1.04. The van der Waals surface area contributed by atoms with E-state index in [1.54, 1.807) is 37.3 Å². The van der Waals surface area contributed by atoms with Gasteiger partial charge in [-0.2, -0.15) is 4.31 Å². The van der Waals surface area contributed by atoms with E-state index in [0.717, 1.165) is 15.6 Å². The molecule has 1 aliphatic heterocycles. The zero-order valence-electron chi connectivity index (χ0n) is 17.4. The van der Waals surface area contributed by atoms with Crippen LogP contribution in [-0.2, 0) is 31.0 Å².